The minimum absolute atomic E-state index is 0.892. The van der Waals surface area contributed by atoms with Gasteiger partial charge in [-0.2, -0.15) is 11.8 Å². The zero-order valence-corrected chi connectivity index (χ0v) is 14.3. The lowest BCUT2D eigenvalue weighted by Gasteiger charge is -2.08. The summed E-state index contributed by atoms with van der Waals surface area (Å²) in [5, 5.41) is 4.71. The smallest absolute Gasteiger partial charge is 0.0758 e. The molecule has 20 heavy (non-hydrogen) atoms. The fraction of sp³-hybridized carbons (Fsp3) is 0.438. The van der Waals surface area contributed by atoms with E-state index in [0.717, 1.165) is 23.1 Å². The van der Waals surface area contributed by atoms with Gasteiger partial charge in [-0.05, 0) is 49.1 Å². The number of hydrogen-bond acceptors (Lipinski definition) is 3. The average Bonchev–Trinajstić information content (AvgIpc) is 2.49. The highest BCUT2D eigenvalue weighted by atomic mass is 79.9. The lowest BCUT2D eigenvalue weighted by Crippen LogP contribution is -2.15. The van der Waals surface area contributed by atoms with Crippen molar-refractivity contribution in [3.05, 3.63) is 40.5 Å². The van der Waals surface area contributed by atoms with Gasteiger partial charge in [0.25, 0.3) is 0 Å². The number of aromatic nitrogens is 1. The summed E-state index contributed by atoms with van der Waals surface area (Å²) in [7, 11) is 0. The van der Waals surface area contributed by atoms with Crippen molar-refractivity contribution in [1.82, 2.24) is 10.3 Å². The summed E-state index contributed by atoms with van der Waals surface area (Å²) in [5.74, 6) is 1.28. The highest BCUT2D eigenvalue weighted by Crippen LogP contribution is 2.25. The van der Waals surface area contributed by atoms with E-state index in [9.17, 15) is 0 Å². The Morgan fingerprint density at radius 2 is 2.10 bits per heavy atom. The lowest BCUT2D eigenvalue weighted by molar-refractivity contribution is 0.620. The molecular formula is C16H21BrN2S. The molecule has 2 aromatic rings. The number of fused-ring (bicyclic) bond motifs is 1. The van der Waals surface area contributed by atoms with Gasteiger partial charge >= 0.3 is 0 Å². The van der Waals surface area contributed by atoms with Gasteiger partial charge in [0, 0.05) is 22.6 Å². The molecule has 0 unspecified atom stereocenters. The fourth-order valence-electron chi connectivity index (χ4n) is 2.24. The van der Waals surface area contributed by atoms with Gasteiger partial charge in [0.15, 0.2) is 0 Å². The Kier molecular flexibility index (Phi) is 6.83. The van der Waals surface area contributed by atoms with Crippen LogP contribution in [0.4, 0.5) is 0 Å². The molecule has 0 fully saturated rings. The number of halogens is 1. The predicted octanol–water partition coefficient (Wildman–Crippen LogP) is 4.62. The second kappa shape index (κ2) is 8.65. The topological polar surface area (TPSA) is 24.9 Å². The normalized spacial score (nSPS) is 11.1. The molecule has 0 atom stereocenters. The Balaban J connectivity index is 1.86. The van der Waals surface area contributed by atoms with Crippen LogP contribution in [0.25, 0.3) is 10.9 Å². The first-order valence-corrected chi connectivity index (χ1v) is 9.23. The third kappa shape index (κ3) is 4.47. The number of hydrogen-bond donors (Lipinski definition) is 1. The van der Waals surface area contributed by atoms with Gasteiger partial charge in [0.1, 0.15) is 0 Å². The standard InChI is InChI=1S/C16H21BrN2S/c1-20-11-4-2-3-9-18-12-13-7-8-15(17)14-6-5-10-19-16(13)14/h5-8,10,18H,2-4,9,11-12H2,1H3. The predicted molar refractivity (Wildman–Crippen MR) is 93.4 cm³/mol. The number of unbranched alkanes of at least 4 members (excludes halogenated alkanes) is 2. The summed E-state index contributed by atoms with van der Waals surface area (Å²) in [6.45, 7) is 1.97. The first-order valence-electron chi connectivity index (χ1n) is 7.04. The second-order valence-electron chi connectivity index (χ2n) is 4.84. The van der Waals surface area contributed by atoms with E-state index >= 15 is 0 Å². The summed E-state index contributed by atoms with van der Waals surface area (Å²) < 4.78 is 1.11. The minimum Gasteiger partial charge on any atom is -0.313 e. The zero-order chi connectivity index (χ0) is 14.2. The second-order valence-corrected chi connectivity index (χ2v) is 6.68. The van der Waals surface area contributed by atoms with Gasteiger partial charge in [0.2, 0.25) is 0 Å². The molecule has 2 nitrogen and oxygen atoms in total. The molecule has 2 rings (SSSR count). The van der Waals surface area contributed by atoms with E-state index in [-0.39, 0.29) is 0 Å². The first kappa shape index (κ1) is 15.8. The molecule has 1 N–H and O–H groups in total. The molecule has 0 amide bonds. The summed E-state index contributed by atoms with van der Waals surface area (Å²) in [6, 6.07) is 8.36. The van der Waals surface area contributed by atoms with Crippen molar-refractivity contribution >= 4 is 38.6 Å². The van der Waals surface area contributed by atoms with E-state index in [0.29, 0.717) is 0 Å². The van der Waals surface area contributed by atoms with E-state index in [1.807, 2.05) is 24.0 Å². The van der Waals surface area contributed by atoms with E-state index in [1.165, 1.54) is 36.0 Å². The summed E-state index contributed by atoms with van der Waals surface area (Å²) >= 11 is 5.52. The Labute approximate surface area is 133 Å². The van der Waals surface area contributed by atoms with Crippen molar-refractivity contribution in [2.75, 3.05) is 18.6 Å². The molecule has 1 heterocycles. The Morgan fingerprint density at radius 3 is 2.95 bits per heavy atom. The maximum absolute atomic E-state index is 4.51. The van der Waals surface area contributed by atoms with Crippen LogP contribution in [0.1, 0.15) is 24.8 Å². The van der Waals surface area contributed by atoms with Crippen molar-refractivity contribution in [2.45, 2.75) is 25.8 Å². The molecule has 0 radical (unpaired) electrons. The molecule has 0 aliphatic carbocycles. The summed E-state index contributed by atoms with van der Waals surface area (Å²) in [6.07, 6.45) is 7.92. The highest BCUT2D eigenvalue weighted by Gasteiger charge is 2.04. The van der Waals surface area contributed by atoms with Crippen molar-refractivity contribution in [1.29, 1.82) is 0 Å². The fourth-order valence-corrected chi connectivity index (χ4v) is 3.18. The lowest BCUT2D eigenvalue weighted by atomic mass is 10.1. The zero-order valence-electron chi connectivity index (χ0n) is 11.9. The van der Waals surface area contributed by atoms with Crippen LogP contribution in [-0.4, -0.2) is 23.5 Å². The monoisotopic (exact) mass is 352 g/mol. The molecule has 0 bridgehead atoms. The van der Waals surface area contributed by atoms with Gasteiger partial charge in [-0.15, -0.1) is 0 Å². The Morgan fingerprint density at radius 1 is 1.20 bits per heavy atom. The summed E-state index contributed by atoms with van der Waals surface area (Å²) in [5.41, 5.74) is 2.37. The molecule has 0 aliphatic rings. The third-order valence-corrected chi connectivity index (χ3v) is 4.71. The summed E-state index contributed by atoms with van der Waals surface area (Å²) in [4.78, 5) is 4.51. The largest absolute Gasteiger partial charge is 0.313 e. The van der Waals surface area contributed by atoms with E-state index in [1.54, 1.807) is 0 Å². The van der Waals surface area contributed by atoms with E-state index < -0.39 is 0 Å². The molecule has 1 aromatic heterocycles. The van der Waals surface area contributed by atoms with Crippen LogP contribution >= 0.6 is 27.7 Å². The van der Waals surface area contributed by atoms with Crippen LogP contribution in [0.2, 0.25) is 0 Å². The van der Waals surface area contributed by atoms with Crippen molar-refractivity contribution < 1.29 is 0 Å². The molecule has 0 saturated heterocycles. The molecule has 0 spiro atoms. The molecule has 1 aromatic carbocycles. The van der Waals surface area contributed by atoms with Crippen molar-refractivity contribution in [3.63, 3.8) is 0 Å². The molecule has 4 heteroatoms. The molecule has 0 saturated carbocycles. The number of pyridine rings is 1. The SMILES string of the molecule is CSCCCCCNCc1ccc(Br)c2cccnc12. The van der Waals surface area contributed by atoms with Gasteiger partial charge < -0.3 is 5.32 Å². The van der Waals surface area contributed by atoms with Gasteiger partial charge in [-0.25, -0.2) is 0 Å². The van der Waals surface area contributed by atoms with E-state index in [2.05, 4.69) is 50.7 Å². The highest BCUT2D eigenvalue weighted by molar-refractivity contribution is 9.10. The van der Waals surface area contributed by atoms with Crippen molar-refractivity contribution in [3.8, 4) is 0 Å². The number of thioether (sulfide) groups is 1. The minimum atomic E-state index is 0.892. The third-order valence-electron chi connectivity index (χ3n) is 3.32. The van der Waals surface area contributed by atoms with Crippen LogP contribution < -0.4 is 5.32 Å². The van der Waals surface area contributed by atoms with Crippen LogP contribution in [0.5, 0.6) is 0 Å². The first-order chi connectivity index (χ1) is 9.83. The number of nitrogens with one attached hydrogen (secondary N) is 1. The van der Waals surface area contributed by atoms with Gasteiger partial charge in [0.05, 0.1) is 5.52 Å². The van der Waals surface area contributed by atoms with E-state index in [4.69, 9.17) is 0 Å². The average molecular weight is 353 g/mol. The van der Waals surface area contributed by atoms with Crippen LogP contribution in [-0.2, 0) is 6.54 Å². The molecule has 108 valence electrons. The van der Waals surface area contributed by atoms with Crippen LogP contribution in [0.15, 0.2) is 34.9 Å². The maximum Gasteiger partial charge on any atom is 0.0758 e. The van der Waals surface area contributed by atoms with Gasteiger partial charge in [-0.3, -0.25) is 4.98 Å². The number of nitrogens with zero attached hydrogens (tertiary/aromatic N) is 1. The molecule has 0 aliphatic heterocycles. The van der Waals surface area contributed by atoms with Crippen LogP contribution in [0.3, 0.4) is 0 Å². The van der Waals surface area contributed by atoms with Gasteiger partial charge in [-0.1, -0.05) is 34.5 Å². The van der Waals surface area contributed by atoms with Crippen LogP contribution in [0, 0.1) is 0 Å². The quantitative estimate of drug-likeness (QED) is 0.701. The Hall–Kier alpha value is -0.580. The molecular weight excluding hydrogens is 332 g/mol. The number of benzene rings is 1. The van der Waals surface area contributed by atoms with Crippen molar-refractivity contribution in [2.24, 2.45) is 0 Å². The Bertz CT molecular complexity index is 545. The maximum atomic E-state index is 4.51. The number of rotatable bonds is 8.